The summed E-state index contributed by atoms with van der Waals surface area (Å²) in [6, 6.07) is 11.9. The lowest BCUT2D eigenvalue weighted by molar-refractivity contribution is 0.0945. The molecule has 3 aromatic rings. The van der Waals surface area contributed by atoms with Gasteiger partial charge in [0.05, 0.1) is 17.3 Å². The Labute approximate surface area is 139 Å². The van der Waals surface area contributed by atoms with Gasteiger partial charge in [-0.3, -0.25) is 4.79 Å². The molecule has 0 aliphatic heterocycles. The Hall–Kier alpha value is -2.27. The number of nitrogens with zero attached hydrogens (tertiary/aromatic N) is 1. The highest BCUT2D eigenvalue weighted by molar-refractivity contribution is 7.17. The first kappa shape index (κ1) is 15.6. The summed E-state index contributed by atoms with van der Waals surface area (Å²) in [5.74, 6) is 0.837. The van der Waals surface area contributed by atoms with Crippen LogP contribution in [0.25, 0.3) is 10.2 Å². The molecule has 2 aromatic heterocycles. The van der Waals surface area contributed by atoms with Gasteiger partial charge in [0, 0.05) is 13.1 Å². The summed E-state index contributed by atoms with van der Waals surface area (Å²) < 4.78 is 8.55. The fourth-order valence-corrected chi connectivity index (χ4v) is 3.64. The highest BCUT2D eigenvalue weighted by atomic mass is 32.1. The van der Waals surface area contributed by atoms with Gasteiger partial charge >= 0.3 is 0 Å². The number of benzene rings is 1. The predicted octanol–water partition coefficient (Wildman–Crippen LogP) is 3.70. The highest BCUT2D eigenvalue weighted by Gasteiger charge is 2.15. The molecule has 2 heterocycles. The number of aromatic nitrogens is 1. The number of amides is 1. The molecule has 5 heteroatoms. The molecule has 1 aromatic carbocycles. The van der Waals surface area contributed by atoms with Gasteiger partial charge in [0.25, 0.3) is 5.91 Å². The molecule has 120 valence electrons. The number of ether oxygens (including phenoxy) is 1. The third-order valence-corrected chi connectivity index (χ3v) is 4.80. The van der Waals surface area contributed by atoms with Gasteiger partial charge in [-0.25, -0.2) is 0 Å². The van der Waals surface area contributed by atoms with Crippen molar-refractivity contribution in [3.05, 3.63) is 53.0 Å². The van der Waals surface area contributed by atoms with E-state index >= 15 is 0 Å². The Morgan fingerprint density at radius 2 is 2.13 bits per heavy atom. The van der Waals surface area contributed by atoms with Crippen molar-refractivity contribution in [1.29, 1.82) is 0 Å². The number of aryl methyl sites for hydroxylation is 1. The van der Waals surface area contributed by atoms with Gasteiger partial charge < -0.3 is 14.6 Å². The van der Waals surface area contributed by atoms with E-state index in [1.54, 1.807) is 18.4 Å². The molecule has 0 aliphatic rings. The van der Waals surface area contributed by atoms with Crippen LogP contribution in [-0.2, 0) is 13.0 Å². The van der Waals surface area contributed by atoms with Crippen molar-refractivity contribution in [3.63, 3.8) is 0 Å². The predicted molar refractivity (Wildman–Crippen MR) is 94.5 cm³/mol. The lowest BCUT2D eigenvalue weighted by Crippen LogP contribution is -2.27. The van der Waals surface area contributed by atoms with E-state index in [2.05, 4.69) is 28.3 Å². The molecule has 0 radical (unpaired) electrons. The molecule has 3 rings (SSSR count). The van der Waals surface area contributed by atoms with E-state index < -0.39 is 0 Å². The Morgan fingerprint density at radius 1 is 1.30 bits per heavy atom. The molecule has 0 spiro atoms. The first-order valence-electron chi connectivity index (χ1n) is 7.71. The lowest BCUT2D eigenvalue weighted by Gasteiger charge is -2.10. The molecule has 1 amide bonds. The van der Waals surface area contributed by atoms with Crippen LogP contribution in [0.3, 0.4) is 0 Å². The number of hydrogen-bond donors (Lipinski definition) is 1. The van der Waals surface area contributed by atoms with Crippen LogP contribution >= 0.6 is 11.3 Å². The molecule has 0 unspecified atom stereocenters. The van der Waals surface area contributed by atoms with Crippen LogP contribution in [0.15, 0.2) is 41.8 Å². The average molecular weight is 328 g/mol. The van der Waals surface area contributed by atoms with Gasteiger partial charge in [0.1, 0.15) is 11.4 Å². The van der Waals surface area contributed by atoms with Crippen molar-refractivity contribution in [2.75, 3.05) is 13.7 Å². The molecule has 23 heavy (non-hydrogen) atoms. The number of carbonyl (C=O) groups excluding carboxylic acids is 1. The number of methoxy groups -OCH3 is 1. The van der Waals surface area contributed by atoms with Crippen LogP contribution in [0.4, 0.5) is 0 Å². The van der Waals surface area contributed by atoms with Gasteiger partial charge in [-0.1, -0.05) is 18.2 Å². The number of carbonyl (C=O) groups is 1. The van der Waals surface area contributed by atoms with E-state index in [0.29, 0.717) is 6.54 Å². The zero-order valence-electron chi connectivity index (χ0n) is 13.3. The molecule has 1 N–H and O–H groups in total. The van der Waals surface area contributed by atoms with Crippen molar-refractivity contribution < 1.29 is 9.53 Å². The average Bonchev–Trinajstić information content (AvgIpc) is 3.15. The third kappa shape index (κ3) is 3.10. The molecule has 0 fully saturated rings. The Morgan fingerprint density at radius 3 is 2.91 bits per heavy atom. The van der Waals surface area contributed by atoms with E-state index in [0.717, 1.165) is 40.2 Å². The molecular weight excluding hydrogens is 308 g/mol. The van der Waals surface area contributed by atoms with Crippen LogP contribution in [0.2, 0.25) is 0 Å². The van der Waals surface area contributed by atoms with Gasteiger partial charge in [-0.05, 0) is 42.5 Å². The summed E-state index contributed by atoms with van der Waals surface area (Å²) in [5.41, 5.74) is 2.96. The van der Waals surface area contributed by atoms with Gasteiger partial charge in [0.2, 0.25) is 0 Å². The monoisotopic (exact) mass is 328 g/mol. The minimum Gasteiger partial charge on any atom is -0.496 e. The molecular formula is C18H20N2O2S. The van der Waals surface area contributed by atoms with E-state index in [1.165, 1.54) is 0 Å². The Balaban J connectivity index is 1.68. The van der Waals surface area contributed by atoms with Crippen molar-refractivity contribution in [2.24, 2.45) is 0 Å². The standard InChI is InChI=1S/C18H20N2O2S/c1-3-20-14-9-11-23-17(14)12-15(20)18(21)19-10-8-13-6-4-5-7-16(13)22-2/h4-7,9,11-12H,3,8,10H2,1-2H3,(H,19,21). The highest BCUT2D eigenvalue weighted by Crippen LogP contribution is 2.25. The van der Waals surface area contributed by atoms with E-state index in [4.69, 9.17) is 4.74 Å². The SMILES string of the molecule is CCn1c(C(=O)NCCc2ccccc2OC)cc2sccc21. The zero-order chi connectivity index (χ0) is 16.2. The number of hydrogen-bond acceptors (Lipinski definition) is 3. The molecule has 4 nitrogen and oxygen atoms in total. The molecule has 0 atom stereocenters. The molecule has 0 aliphatic carbocycles. The maximum Gasteiger partial charge on any atom is 0.267 e. The van der Waals surface area contributed by atoms with Crippen LogP contribution < -0.4 is 10.1 Å². The number of rotatable bonds is 6. The maximum atomic E-state index is 12.5. The van der Waals surface area contributed by atoms with Gasteiger partial charge in [0.15, 0.2) is 0 Å². The summed E-state index contributed by atoms with van der Waals surface area (Å²) in [6.07, 6.45) is 0.747. The molecule has 0 bridgehead atoms. The van der Waals surface area contributed by atoms with Gasteiger partial charge in [-0.15, -0.1) is 11.3 Å². The number of fused-ring (bicyclic) bond motifs is 1. The third-order valence-electron chi connectivity index (χ3n) is 3.94. The zero-order valence-corrected chi connectivity index (χ0v) is 14.2. The summed E-state index contributed by atoms with van der Waals surface area (Å²) in [7, 11) is 1.66. The molecule has 0 saturated carbocycles. The quantitative estimate of drug-likeness (QED) is 0.750. The Bertz CT molecular complexity index is 819. The fourth-order valence-electron chi connectivity index (χ4n) is 2.82. The van der Waals surface area contributed by atoms with E-state index in [1.807, 2.05) is 30.3 Å². The van der Waals surface area contributed by atoms with Crippen molar-refractivity contribution in [2.45, 2.75) is 19.9 Å². The normalized spacial score (nSPS) is 10.9. The first-order chi connectivity index (χ1) is 11.2. The largest absolute Gasteiger partial charge is 0.496 e. The van der Waals surface area contributed by atoms with Crippen LogP contribution in [-0.4, -0.2) is 24.1 Å². The fraction of sp³-hybridized carbons (Fsp3) is 0.278. The van der Waals surface area contributed by atoms with Crippen molar-refractivity contribution in [3.8, 4) is 5.75 Å². The van der Waals surface area contributed by atoms with Crippen molar-refractivity contribution >= 4 is 27.5 Å². The van der Waals surface area contributed by atoms with E-state index in [-0.39, 0.29) is 5.91 Å². The summed E-state index contributed by atoms with van der Waals surface area (Å²) in [5, 5.41) is 5.07. The lowest BCUT2D eigenvalue weighted by atomic mass is 10.1. The minimum atomic E-state index is -0.0230. The summed E-state index contributed by atoms with van der Waals surface area (Å²) in [6.45, 7) is 3.43. The second-order valence-electron chi connectivity index (χ2n) is 5.26. The second-order valence-corrected chi connectivity index (χ2v) is 6.21. The van der Waals surface area contributed by atoms with E-state index in [9.17, 15) is 4.79 Å². The number of thiophene rings is 1. The van der Waals surface area contributed by atoms with Crippen LogP contribution in [0.1, 0.15) is 23.0 Å². The van der Waals surface area contributed by atoms with Crippen LogP contribution in [0.5, 0.6) is 5.75 Å². The van der Waals surface area contributed by atoms with Gasteiger partial charge in [-0.2, -0.15) is 0 Å². The summed E-state index contributed by atoms with van der Waals surface area (Å²) in [4.78, 5) is 12.5. The Kier molecular flexibility index (Phi) is 4.67. The maximum absolute atomic E-state index is 12.5. The minimum absolute atomic E-state index is 0.0230. The van der Waals surface area contributed by atoms with Crippen LogP contribution in [0, 0.1) is 0 Å². The number of nitrogens with one attached hydrogen (secondary N) is 1. The second kappa shape index (κ2) is 6.87. The van der Waals surface area contributed by atoms with Crippen molar-refractivity contribution in [1.82, 2.24) is 9.88 Å². The number of para-hydroxylation sites is 1. The smallest absolute Gasteiger partial charge is 0.267 e. The molecule has 0 saturated heterocycles. The first-order valence-corrected chi connectivity index (χ1v) is 8.59. The topological polar surface area (TPSA) is 43.3 Å². The summed E-state index contributed by atoms with van der Waals surface area (Å²) >= 11 is 1.66.